The van der Waals surface area contributed by atoms with Gasteiger partial charge < -0.3 is 16.3 Å². The van der Waals surface area contributed by atoms with Crippen LogP contribution in [0.25, 0.3) is 0 Å². The molecule has 4 N–H and O–H groups in total. The highest BCUT2D eigenvalue weighted by atomic mass is 35.5. The summed E-state index contributed by atoms with van der Waals surface area (Å²) < 4.78 is 0. The summed E-state index contributed by atoms with van der Waals surface area (Å²) in [6.07, 6.45) is 0. The second-order valence-corrected chi connectivity index (χ2v) is 2.89. The van der Waals surface area contributed by atoms with Crippen LogP contribution in [0.15, 0.2) is 29.4 Å². The van der Waals surface area contributed by atoms with Crippen molar-refractivity contribution in [3.05, 3.63) is 29.3 Å². The quantitative estimate of drug-likeness (QED) is 0.282. The van der Waals surface area contributed by atoms with E-state index in [4.69, 9.17) is 22.5 Å². The van der Waals surface area contributed by atoms with Gasteiger partial charge in [0.05, 0.1) is 0 Å². The number of rotatable bonds is 1. The largest absolute Gasteiger partial charge is 0.409 e. The summed E-state index contributed by atoms with van der Waals surface area (Å²) in [6, 6.07) is 6.52. The summed E-state index contributed by atoms with van der Waals surface area (Å²) in [4.78, 5) is 11.1. The average Bonchev–Trinajstić information content (AvgIpc) is 2.16. The van der Waals surface area contributed by atoms with Crippen LogP contribution in [0.4, 0.5) is 5.69 Å². The van der Waals surface area contributed by atoms with Crippen molar-refractivity contribution in [2.24, 2.45) is 10.9 Å². The van der Waals surface area contributed by atoms with Crippen LogP contribution in [0.1, 0.15) is 0 Å². The molecule has 1 amide bonds. The lowest BCUT2D eigenvalue weighted by molar-refractivity contribution is -0.110. The van der Waals surface area contributed by atoms with Crippen LogP contribution in [0, 0.1) is 0 Å². The number of hydrogen-bond donors (Lipinski definition) is 3. The summed E-state index contributed by atoms with van der Waals surface area (Å²) in [5.74, 6) is -1.19. The average molecular weight is 214 g/mol. The number of carbonyl (C=O) groups excluding carboxylic acids is 1. The lowest BCUT2D eigenvalue weighted by Crippen LogP contribution is -2.29. The molecule has 0 saturated heterocycles. The summed E-state index contributed by atoms with van der Waals surface area (Å²) >= 11 is 5.68. The zero-order chi connectivity index (χ0) is 10.6. The Morgan fingerprint density at radius 2 is 2.29 bits per heavy atom. The van der Waals surface area contributed by atoms with E-state index in [-0.39, 0.29) is 0 Å². The molecule has 0 bridgehead atoms. The van der Waals surface area contributed by atoms with Crippen molar-refractivity contribution in [2.75, 3.05) is 5.32 Å². The Morgan fingerprint density at radius 3 is 2.86 bits per heavy atom. The van der Waals surface area contributed by atoms with Crippen molar-refractivity contribution in [3.8, 4) is 0 Å². The second-order valence-electron chi connectivity index (χ2n) is 2.45. The molecule has 0 aliphatic heterocycles. The van der Waals surface area contributed by atoms with Crippen LogP contribution in [0.5, 0.6) is 0 Å². The molecule has 74 valence electrons. The Kier molecular flexibility index (Phi) is 3.30. The highest BCUT2D eigenvalue weighted by Gasteiger charge is 2.07. The van der Waals surface area contributed by atoms with Gasteiger partial charge >= 0.3 is 0 Å². The van der Waals surface area contributed by atoms with Gasteiger partial charge in [-0.3, -0.25) is 4.79 Å². The number of amides is 1. The van der Waals surface area contributed by atoms with Gasteiger partial charge in [0.15, 0.2) is 0 Å². The first-order chi connectivity index (χ1) is 6.63. The maximum Gasteiger partial charge on any atom is 0.294 e. The molecule has 0 unspecified atom stereocenters. The molecular weight excluding hydrogens is 206 g/mol. The molecular formula is C8H8ClN3O2. The highest BCUT2D eigenvalue weighted by Crippen LogP contribution is 2.14. The third-order valence-corrected chi connectivity index (χ3v) is 1.66. The van der Waals surface area contributed by atoms with Gasteiger partial charge in [-0.15, -0.1) is 0 Å². The Balaban J connectivity index is 2.75. The van der Waals surface area contributed by atoms with Crippen LogP contribution in [-0.4, -0.2) is 17.0 Å². The number of hydrogen-bond acceptors (Lipinski definition) is 3. The number of carbonyl (C=O) groups is 1. The standard InChI is InChI=1S/C8H8ClN3O2/c9-5-2-1-3-6(4-5)11-8(13)7(10)12-14/h1-4,14H,(H2,10,12)(H,11,13). The van der Waals surface area contributed by atoms with E-state index in [9.17, 15) is 4.79 Å². The predicted octanol–water partition coefficient (Wildman–Crippen LogP) is 1.02. The zero-order valence-electron chi connectivity index (χ0n) is 7.07. The van der Waals surface area contributed by atoms with Gasteiger partial charge in [-0.1, -0.05) is 22.8 Å². The first-order valence-corrected chi connectivity index (χ1v) is 4.05. The number of oxime groups is 1. The van der Waals surface area contributed by atoms with Crippen molar-refractivity contribution in [1.82, 2.24) is 0 Å². The number of amidine groups is 1. The number of nitrogens with two attached hydrogens (primary N) is 1. The summed E-state index contributed by atoms with van der Waals surface area (Å²) in [6.45, 7) is 0. The van der Waals surface area contributed by atoms with E-state index in [0.29, 0.717) is 10.7 Å². The maximum absolute atomic E-state index is 11.1. The smallest absolute Gasteiger partial charge is 0.294 e. The molecule has 6 heteroatoms. The van der Waals surface area contributed by atoms with E-state index in [2.05, 4.69) is 10.5 Å². The topological polar surface area (TPSA) is 87.7 Å². The van der Waals surface area contributed by atoms with E-state index in [0.717, 1.165) is 0 Å². The molecule has 0 spiro atoms. The number of halogens is 1. The summed E-state index contributed by atoms with van der Waals surface area (Å²) in [5.41, 5.74) is 5.54. The normalized spacial score (nSPS) is 11.1. The van der Waals surface area contributed by atoms with Gasteiger partial charge in [0, 0.05) is 10.7 Å². The molecule has 1 aromatic rings. The van der Waals surface area contributed by atoms with Gasteiger partial charge in [-0.05, 0) is 18.2 Å². The first kappa shape index (κ1) is 10.3. The zero-order valence-corrected chi connectivity index (χ0v) is 7.82. The molecule has 0 aliphatic carbocycles. The van der Waals surface area contributed by atoms with Gasteiger partial charge in [0.1, 0.15) is 0 Å². The minimum absolute atomic E-state index is 0.481. The molecule has 0 fully saturated rings. The highest BCUT2D eigenvalue weighted by molar-refractivity contribution is 6.41. The monoisotopic (exact) mass is 213 g/mol. The van der Waals surface area contributed by atoms with E-state index >= 15 is 0 Å². The van der Waals surface area contributed by atoms with Gasteiger partial charge in [-0.2, -0.15) is 0 Å². The Morgan fingerprint density at radius 1 is 1.57 bits per heavy atom. The summed E-state index contributed by atoms with van der Waals surface area (Å²) in [5, 5.41) is 13.7. The van der Waals surface area contributed by atoms with Crippen molar-refractivity contribution in [2.45, 2.75) is 0 Å². The third kappa shape index (κ3) is 2.63. The van der Waals surface area contributed by atoms with Crippen molar-refractivity contribution in [1.29, 1.82) is 0 Å². The molecule has 0 atom stereocenters. The molecule has 0 heterocycles. The van der Waals surface area contributed by atoms with Crippen molar-refractivity contribution >= 4 is 29.0 Å². The maximum atomic E-state index is 11.1. The third-order valence-electron chi connectivity index (χ3n) is 1.42. The van der Waals surface area contributed by atoms with Gasteiger partial charge in [0.25, 0.3) is 5.91 Å². The van der Waals surface area contributed by atoms with E-state index in [1.165, 1.54) is 0 Å². The number of anilines is 1. The predicted molar refractivity (Wildman–Crippen MR) is 53.5 cm³/mol. The van der Waals surface area contributed by atoms with E-state index in [1.807, 2.05) is 0 Å². The number of benzene rings is 1. The lowest BCUT2D eigenvalue weighted by atomic mass is 10.3. The fourth-order valence-electron chi connectivity index (χ4n) is 0.807. The molecule has 14 heavy (non-hydrogen) atoms. The van der Waals surface area contributed by atoms with Crippen molar-refractivity contribution in [3.63, 3.8) is 0 Å². The molecule has 5 nitrogen and oxygen atoms in total. The SMILES string of the molecule is N/C(=N/O)C(=O)Nc1cccc(Cl)c1. The molecule has 0 saturated carbocycles. The van der Waals surface area contributed by atoms with Crippen LogP contribution < -0.4 is 11.1 Å². The lowest BCUT2D eigenvalue weighted by Gasteiger charge is -2.03. The van der Waals surface area contributed by atoms with Crippen LogP contribution >= 0.6 is 11.6 Å². The fourth-order valence-corrected chi connectivity index (χ4v) is 0.997. The molecule has 1 aromatic carbocycles. The van der Waals surface area contributed by atoms with Gasteiger partial charge in [0.2, 0.25) is 5.84 Å². The van der Waals surface area contributed by atoms with E-state index < -0.39 is 11.7 Å². The van der Waals surface area contributed by atoms with E-state index in [1.54, 1.807) is 24.3 Å². The second kappa shape index (κ2) is 4.48. The Bertz CT molecular complexity index is 379. The fraction of sp³-hybridized carbons (Fsp3) is 0. The van der Waals surface area contributed by atoms with Gasteiger partial charge in [-0.25, -0.2) is 0 Å². The molecule has 1 rings (SSSR count). The first-order valence-electron chi connectivity index (χ1n) is 3.68. The Hall–Kier alpha value is -1.75. The minimum Gasteiger partial charge on any atom is -0.409 e. The minimum atomic E-state index is -0.685. The number of nitrogens with zero attached hydrogens (tertiary/aromatic N) is 1. The molecule has 0 aliphatic rings. The summed E-state index contributed by atoms with van der Waals surface area (Å²) in [7, 11) is 0. The van der Waals surface area contributed by atoms with Crippen LogP contribution in [0.2, 0.25) is 5.02 Å². The van der Waals surface area contributed by atoms with Crippen molar-refractivity contribution < 1.29 is 10.0 Å². The van der Waals surface area contributed by atoms with Crippen LogP contribution in [0.3, 0.4) is 0 Å². The van der Waals surface area contributed by atoms with Crippen LogP contribution in [-0.2, 0) is 4.79 Å². The number of nitrogens with one attached hydrogen (secondary N) is 1. The Labute approximate surface area is 85.2 Å². The molecule has 0 radical (unpaired) electrons. The molecule has 0 aromatic heterocycles.